The van der Waals surface area contributed by atoms with Crippen molar-refractivity contribution in [2.24, 2.45) is 0 Å². The number of hydrogen-bond donors (Lipinski definition) is 8. The summed E-state index contributed by atoms with van der Waals surface area (Å²) in [7, 11) is 0. The first-order valence-electron chi connectivity index (χ1n) is 12.5. The molecule has 2 aromatic rings. The minimum atomic E-state index is -1.61. The number of carbonyl (C=O) groups is 1. The largest absolute Gasteiger partial charge is 0.508 e. The summed E-state index contributed by atoms with van der Waals surface area (Å²) in [4.78, 5) is 14.7. The van der Waals surface area contributed by atoms with Gasteiger partial charge in [0.05, 0.1) is 40.8 Å². The van der Waals surface area contributed by atoms with Crippen molar-refractivity contribution in [3.05, 3.63) is 47.5 Å². The number of amides is 1. The Morgan fingerprint density at radius 3 is 2.37 bits per heavy atom. The van der Waals surface area contributed by atoms with Gasteiger partial charge in [0.2, 0.25) is 0 Å². The highest BCUT2D eigenvalue weighted by Crippen LogP contribution is 2.46. The van der Waals surface area contributed by atoms with Crippen LogP contribution in [0.25, 0.3) is 0 Å². The van der Waals surface area contributed by atoms with Crippen molar-refractivity contribution in [3.63, 3.8) is 0 Å². The van der Waals surface area contributed by atoms with Crippen LogP contribution in [0.1, 0.15) is 63.7 Å². The van der Waals surface area contributed by atoms with Crippen LogP contribution in [0.2, 0.25) is 0 Å². The molecule has 3 atom stereocenters. The van der Waals surface area contributed by atoms with Crippen molar-refractivity contribution in [2.45, 2.75) is 76.8 Å². The van der Waals surface area contributed by atoms with E-state index in [1.165, 1.54) is 31.2 Å². The molecule has 10 nitrogen and oxygen atoms in total. The molecular formula is C28H38N2O8. The molecule has 8 N–H and O–H groups in total. The van der Waals surface area contributed by atoms with Crippen molar-refractivity contribution in [1.29, 1.82) is 0 Å². The molecule has 3 rings (SSSR count). The number of benzene rings is 2. The molecule has 0 bridgehead atoms. The third-order valence-electron chi connectivity index (χ3n) is 6.98. The number of hydrogen-bond acceptors (Lipinski definition) is 9. The fraction of sp³-hybridized carbons (Fsp3) is 0.464. The number of nitrogens with one attached hydrogen (secondary N) is 1. The SMILES string of the molecule is C/C(=C\CCC(C)(O)C(O)CN1C(=O)c2cccc(O)c2Nc2c(O)cc(O)cc21)CCC(O)C(C)(C)O. The first kappa shape index (κ1) is 29.2. The number of fused-ring (bicyclic) bond motifs is 2. The van der Waals surface area contributed by atoms with Crippen LogP contribution in [0.5, 0.6) is 17.2 Å². The molecule has 2 aromatic carbocycles. The van der Waals surface area contributed by atoms with E-state index < -0.39 is 29.3 Å². The number of carbonyl (C=O) groups excluding carboxylic acids is 1. The highest BCUT2D eigenvalue weighted by molar-refractivity contribution is 6.15. The van der Waals surface area contributed by atoms with E-state index in [-0.39, 0.29) is 52.8 Å². The summed E-state index contributed by atoms with van der Waals surface area (Å²) >= 11 is 0. The molecule has 0 fully saturated rings. The number of rotatable bonds is 10. The average molecular weight is 531 g/mol. The molecule has 1 amide bonds. The molecule has 1 heterocycles. The Labute approximate surface area is 222 Å². The fourth-order valence-electron chi connectivity index (χ4n) is 4.32. The molecule has 208 valence electrons. The standard InChI is InChI=1S/C28H38N2O8/c1-16(10-11-22(34)27(2,3)37)7-6-12-28(4,38)23(35)15-30-19-13-17(31)14-21(33)25(19)29-24-18(26(30)36)8-5-9-20(24)32/h5,7-9,13-14,22-23,29,31-35,37-38H,6,10-12,15H2,1-4H3/b16-7+. The molecule has 0 spiro atoms. The molecule has 0 aromatic heterocycles. The summed E-state index contributed by atoms with van der Waals surface area (Å²) in [6.45, 7) is 6.07. The number of nitrogens with zero attached hydrogens (tertiary/aromatic N) is 1. The molecule has 0 radical (unpaired) electrons. The number of aromatic hydroxyl groups is 3. The quantitative estimate of drug-likeness (QED) is 0.130. The van der Waals surface area contributed by atoms with Gasteiger partial charge in [-0.3, -0.25) is 4.79 Å². The molecule has 3 unspecified atom stereocenters. The highest BCUT2D eigenvalue weighted by Gasteiger charge is 2.37. The van der Waals surface area contributed by atoms with Gasteiger partial charge < -0.3 is 46.0 Å². The Hall–Kier alpha value is -3.31. The molecule has 38 heavy (non-hydrogen) atoms. The van der Waals surface area contributed by atoms with Gasteiger partial charge in [-0.15, -0.1) is 0 Å². The number of phenolic OH excluding ortho intramolecular Hbond substituents is 3. The number of para-hydroxylation sites is 1. The van der Waals surface area contributed by atoms with Crippen LogP contribution in [0.15, 0.2) is 42.0 Å². The summed E-state index contributed by atoms with van der Waals surface area (Å²) < 4.78 is 0. The van der Waals surface area contributed by atoms with Gasteiger partial charge in [-0.1, -0.05) is 17.7 Å². The van der Waals surface area contributed by atoms with Gasteiger partial charge in [-0.05, 0) is 65.5 Å². The van der Waals surface area contributed by atoms with Gasteiger partial charge in [0.25, 0.3) is 5.91 Å². The highest BCUT2D eigenvalue weighted by atomic mass is 16.3. The van der Waals surface area contributed by atoms with E-state index in [2.05, 4.69) is 5.32 Å². The van der Waals surface area contributed by atoms with E-state index >= 15 is 0 Å². The van der Waals surface area contributed by atoms with Crippen LogP contribution in [-0.2, 0) is 0 Å². The van der Waals surface area contributed by atoms with Gasteiger partial charge >= 0.3 is 0 Å². The van der Waals surface area contributed by atoms with Gasteiger partial charge in [-0.2, -0.15) is 0 Å². The lowest BCUT2D eigenvalue weighted by Gasteiger charge is -2.33. The fourth-order valence-corrected chi connectivity index (χ4v) is 4.32. The van der Waals surface area contributed by atoms with Crippen molar-refractivity contribution >= 4 is 23.0 Å². The lowest BCUT2D eigenvalue weighted by molar-refractivity contribution is -0.0613. The number of β-amino-alcohol motifs (C(OH)–C–C–N with tert-alkyl or cyclic N) is 1. The Balaban J connectivity index is 1.78. The number of anilines is 3. The summed E-state index contributed by atoms with van der Waals surface area (Å²) in [6.07, 6.45) is 1.13. The molecule has 0 aliphatic carbocycles. The third-order valence-corrected chi connectivity index (χ3v) is 6.98. The second kappa shape index (κ2) is 11.2. The molecule has 10 heteroatoms. The van der Waals surface area contributed by atoms with Crippen LogP contribution in [0, 0.1) is 0 Å². The average Bonchev–Trinajstić information content (AvgIpc) is 2.93. The zero-order valence-electron chi connectivity index (χ0n) is 22.1. The normalized spacial score (nSPS) is 17.1. The lowest BCUT2D eigenvalue weighted by Crippen LogP contribution is -2.48. The van der Waals surface area contributed by atoms with Gasteiger partial charge in [0, 0.05) is 12.1 Å². The van der Waals surface area contributed by atoms with Crippen molar-refractivity contribution in [1.82, 2.24) is 0 Å². The Morgan fingerprint density at radius 2 is 1.71 bits per heavy atom. The second-order valence-electron chi connectivity index (χ2n) is 10.8. The maximum atomic E-state index is 13.5. The first-order valence-corrected chi connectivity index (χ1v) is 12.5. The maximum absolute atomic E-state index is 13.5. The van der Waals surface area contributed by atoms with Crippen molar-refractivity contribution < 1.29 is 40.5 Å². The van der Waals surface area contributed by atoms with Gasteiger partial charge in [0.15, 0.2) is 0 Å². The zero-order chi connectivity index (χ0) is 28.4. The lowest BCUT2D eigenvalue weighted by atomic mass is 9.91. The molecule has 0 saturated carbocycles. The van der Waals surface area contributed by atoms with Crippen LogP contribution in [-0.4, -0.2) is 71.6 Å². The van der Waals surface area contributed by atoms with Crippen LogP contribution in [0.3, 0.4) is 0 Å². The van der Waals surface area contributed by atoms with Gasteiger partial charge in [-0.25, -0.2) is 0 Å². The number of aliphatic hydroxyl groups is 4. The van der Waals surface area contributed by atoms with E-state index in [4.69, 9.17) is 0 Å². The van der Waals surface area contributed by atoms with E-state index in [0.717, 1.165) is 16.5 Å². The van der Waals surface area contributed by atoms with Crippen LogP contribution >= 0.6 is 0 Å². The molecular weight excluding hydrogens is 492 g/mol. The number of aliphatic hydroxyl groups excluding tert-OH is 2. The smallest absolute Gasteiger partial charge is 0.260 e. The summed E-state index contributed by atoms with van der Waals surface area (Å²) in [5, 5.41) is 75.7. The molecule has 0 saturated heterocycles. The van der Waals surface area contributed by atoms with Gasteiger partial charge in [0.1, 0.15) is 29.0 Å². The van der Waals surface area contributed by atoms with E-state index in [1.807, 2.05) is 13.0 Å². The van der Waals surface area contributed by atoms with Crippen LogP contribution < -0.4 is 10.2 Å². The number of allylic oxidation sites excluding steroid dienone is 2. The predicted molar refractivity (Wildman–Crippen MR) is 144 cm³/mol. The maximum Gasteiger partial charge on any atom is 0.260 e. The predicted octanol–water partition coefficient (Wildman–Crippen LogP) is 3.26. The molecule has 1 aliphatic rings. The third kappa shape index (κ3) is 6.57. The molecule has 1 aliphatic heterocycles. The first-order chi connectivity index (χ1) is 17.6. The monoisotopic (exact) mass is 530 g/mol. The van der Waals surface area contributed by atoms with Crippen molar-refractivity contribution in [3.8, 4) is 17.2 Å². The zero-order valence-corrected chi connectivity index (χ0v) is 22.1. The Morgan fingerprint density at radius 1 is 1.03 bits per heavy atom. The Kier molecular flexibility index (Phi) is 8.62. The second-order valence-corrected chi connectivity index (χ2v) is 10.8. The van der Waals surface area contributed by atoms with E-state index in [1.54, 1.807) is 13.8 Å². The minimum absolute atomic E-state index is 0.0510. The summed E-state index contributed by atoms with van der Waals surface area (Å²) in [5.41, 5.74) is -1.57. The number of phenols is 3. The summed E-state index contributed by atoms with van der Waals surface area (Å²) in [5.74, 6) is -1.51. The van der Waals surface area contributed by atoms with Crippen molar-refractivity contribution in [2.75, 3.05) is 16.8 Å². The summed E-state index contributed by atoms with van der Waals surface area (Å²) in [6, 6.07) is 6.68. The van der Waals surface area contributed by atoms with E-state index in [0.29, 0.717) is 19.3 Å². The minimum Gasteiger partial charge on any atom is -0.508 e. The van der Waals surface area contributed by atoms with E-state index in [9.17, 15) is 40.5 Å². The Bertz CT molecular complexity index is 1200. The van der Waals surface area contributed by atoms with Crippen LogP contribution in [0.4, 0.5) is 17.1 Å². The topological polar surface area (TPSA) is 174 Å².